The summed E-state index contributed by atoms with van der Waals surface area (Å²) in [5.74, 6) is 15.8. The summed E-state index contributed by atoms with van der Waals surface area (Å²) in [4.78, 5) is 41.1. The summed E-state index contributed by atoms with van der Waals surface area (Å²) in [6, 6.07) is 64.9. The largest absolute Gasteiger partial charge is 0.494 e. The van der Waals surface area contributed by atoms with Gasteiger partial charge < -0.3 is 9.47 Å². The lowest BCUT2D eigenvalue weighted by atomic mass is 10.0. The van der Waals surface area contributed by atoms with E-state index in [-0.39, 0.29) is 0 Å². The molecule has 0 atom stereocenters. The molecule has 10 nitrogen and oxygen atoms in total. The molecule has 448 valence electrons. The number of ether oxygens (including phenoxy) is 2. The van der Waals surface area contributed by atoms with Crippen molar-refractivity contribution in [1.82, 2.24) is 39.9 Å². The number of aromatic nitrogens is 8. The number of unbranched alkanes of at least 4 members (excludes halogenated alkanes) is 10. The zero-order chi connectivity index (χ0) is 61.8. The van der Waals surface area contributed by atoms with E-state index in [2.05, 4.69) is 155 Å². The quantitative estimate of drug-likeness (QED) is 0.0427. The number of hydrogen-bond donors (Lipinski definition) is 0. The second-order valence-electron chi connectivity index (χ2n) is 22.4. The fourth-order valence-electron chi connectivity index (χ4n) is 10.8. The van der Waals surface area contributed by atoms with Crippen LogP contribution in [0.15, 0.2) is 219 Å². The summed E-state index contributed by atoms with van der Waals surface area (Å²) in [5, 5.41) is 0. The molecule has 0 spiro atoms. The highest BCUT2D eigenvalue weighted by Gasteiger charge is 2.21. The number of nitrogens with zero attached hydrogens (tertiary/aromatic N) is 8. The topological polar surface area (TPSA) is 122 Å². The third kappa shape index (κ3) is 15.9. The van der Waals surface area contributed by atoms with E-state index in [4.69, 9.17) is 29.4 Å². The van der Waals surface area contributed by atoms with E-state index in [0.29, 0.717) is 24.2 Å². The summed E-state index contributed by atoms with van der Waals surface area (Å²) in [6.45, 7) is 5.86. The maximum Gasteiger partial charge on any atom is 0.119 e. The van der Waals surface area contributed by atoms with Gasteiger partial charge in [-0.15, -0.1) is 11.3 Å². The molecular formula is C80H70N8O2S. The molecule has 12 aromatic rings. The summed E-state index contributed by atoms with van der Waals surface area (Å²) >= 11 is 1.51. The Bertz CT molecular complexity index is 4060. The highest BCUT2D eigenvalue weighted by Crippen LogP contribution is 2.38. The average Bonchev–Trinajstić information content (AvgIpc) is 1.80. The second-order valence-corrected chi connectivity index (χ2v) is 23.4. The average molecular weight is 1210 g/mol. The lowest BCUT2D eigenvalue weighted by Crippen LogP contribution is -1.99. The van der Waals surface area contributed by atoms with Gasteiger partial charge >= 0.3 is 0 Å². The van der Waals surface area contributed by atoms with Gasteiger partial charge in [-0.3, -0.25) is 19.9 Å². The first kappa shape index (κ1) is 60.8. The van der Waals surface area contributed by atoms with Crippen molar-refractivity contribution in [1.29, 1.82) is 0 Å². The minimum atomic E-state index is 0.679. The van der Waals surface area contributed by atoms with Gasteiger partial charge in [-0.2, -0.15) is 0 Å². The fraction of sp³-hybridized carbons (Fsp3) is 0.200. The number of thiophene rings is 1. The van der Waals surface area contributed by atoms with Crippen molar-refractivity contribution in [3.63, 3.8) is 0 Å². The molecule has 11 heteroatoms. The van der Waals surface area contributed by atoms with E-state index in [1.54, 1.807) is 24.8 Å². The van der Waals surface area contributed by atoms with Gasteiger partial charge in [0.2, 0.25) is 0 Å². The van der Waals surface area contributed by atoms with Crippen molar-refractivity contribution in [2.24, 2.45) is 0 Å². The van der Waals surface area contributed by atoms with Crippen LogP contribution in [-0.4, -0.2) is 53.1 Å². The number of fused-ring (bicyclic) bond motifs is 1. The van der Waals surface area contributed by atoms with Crippen molar-refractivity contribution in [3.8, 4) is 126 Å². The highest BCUT2D eigenvalue weighted by atomic mass is 32.1. The van der Waals surface area contributed by atoms with Crippen molar-refractivity contribution in [2.75, 3.05) is 13.2 Å². The van der Waals surface area contributed by atoms with Crippen LogP contribution in [0.25, 0.3) is 101 Å². The highest BCUT2D eigenvalue weighted by molar-refractivity contribution is 7.14. The van der Waals surface area contributed by atoms with E-state index < -0.39 is 0 Å². The van der Waals surface area contributed by atoms with Crippen molar-refractivity contribution in [2.45, 2.75) is 90.9 Å². The monoisotopic (exact) mass is 1210 g/mol. The van der Waals surface area contributed by atoms with Gasteiger partial charge in [0.15, 0.2) is 0 Å². The maximum atomic E-state index is 6.28. The molecule has 0 saturated heterocycles. The zero-order valence-corrected chi connectivity index (χ0v) is 52.3. The molecule has 12 rings (SSSR count). The molecule has 0 radical (unpaired) electrons. The Hall–Kier alpha value is -10.5. The second kappa shape index (κ2) is 30.6. The van der Waals surface area contributed by atoms with E-state index in [1.165, 1.54) is 75.5 Å². The standard InChI is InChI=1S/C80H70N8O2S/c1-3-5-7-9-11-21-51-89-65-41-37-61(38-42-65)77-78(62-39-43-66(44-40-62)90-52-22-12-10-8-6-4-2)88-80-76(46-32-58-29-35-60(36-30-58)64-55-73(69-25-15-19-49-83-69)86-74(56-64)70-26-16-20-50-84-70)91-75(79(80)87-77)45-31-57-27-33-59(34-28-57)63-53-71(67-23-13-17-47-81-67)85-72(54-63)68-24-14-18-48-82-68/h13-20,23-30,33-44,47-50,53-56H,3-12,21-22,51-52H2,1-2H3. The molecule has 8 heterocycles. The summed E-state index contributed by atoms with van der Waals surface area (Å²) in [7, 11) is 0. The minimum absolute atomic E-state index is 0.679. The van der Waals surface area contributed by atoms with Crippen LogP contribution in [0, 0.1) is 23.7 Å². The molecule has 0 aliphatic heterocycles. The Morgan fingerprint density at radius 3 is 0.967 bits per heavy atom. The number of hydrogen-bond acceptors (Lipinski definition) is 11. The van der Waals surface area contributed by atoms with Crippen LogP contribution >= 0.6 is 11.3 Å². The predicted octanol–water partition coefficient (Wildman–Crippen LogP) is 19.7. The molecule has 0 amide bonds. The summed E-state index contributed by atoms with van der Waals surface area (Å²) < 4.78 is 12.6. The van der Waals surface area contributed by atoms with Gasteiger partial charge in [0.05, 0.1) is 70.2 Å². The number of rotatable bonds is 24. The molecule has 91 heavy (non-hydrogen) atoms. The van der Waals surface area contributed by atoms with E-state index in [9.17, 15) is 0 Å². The van der Waals surface area contributed by atoms with E-state index in [0.717, 1.165) is 136 Å². The van der Waals surface area contributed by atoms with Crippen LogP contribution in [0.3, 0.4) is 0 Å². The Kier molecular flexibility index (Phi) is 20.5. The van der Waals surface area contributed by atoms with Crippen LogP contribution in [0.4, 0.5) is 0 Å². The third-order valence-electron chi connectivity index (χ3n) is 15.8. The zero-order valence-electron chi connectivity index (χ0n) is 51.5. The maximum absolute atomic E-state index is 6.28. The van der Waals surface area contributed by atoms with Crippen LogP contribution in [0.1, 0.15) is 112 Å². The van der Waals surface area contributed by atoms with E-state index in [1.807, 2.05) is 97.1 Å². The smallest absolute Gasteiger partial charge is 0.119 e. The molecule has 0 unspecified atom stereocenters. The molecule has 4 aromatic carbocycles. The van der Waals surface area contributed by atoms with Crippen molar-refractivity contribution >= 4 is 22.4 Å². The third-order valence-corrected chi connectivity index (χ3v) is 16.8. The molecule has 0 saturated carbocycles. The van der Waals surface area contributed by atoms with Gasteiger partial charge in [-0.05, 0) is 193 Å². The Labute approximate surface area is 538 Å². The molecule has 0 N–H and O–H groups in total. The van der Waals surface area contributed by atoms with Gasteiger partial charge in [0.1, 0.15) is 32.3 Å². The van der Waals surface area contributed by atoms with Crippen LogP contribution < -0.4 is 9.47 Å². The van der Waals surface area contributed by atoms with Crippen molar-refractivity contribution in [3.05, 3.63) is 240 Å². The number of benzene rings is 4. The molecule has 0 fully saturated rings. The van der Waals surface area contributed by atoms with Crippen LogP contribution in [0.5, 0.6) is 11.5 Å². The Morgan fingerprint density at radius 1 is 0.308 bits per heavy atom. The molecule has 0 aliphatic rings. The van der Waals surface area contributed by atoms with Gasteiger partial charge in [0, 0.05) is 47.0 Å². The normalized spacial score (nSPS) is 11.0. The lowest BCUT2D eigenvalue weighted by Gasteiger charge is -2.12. The first-order valence-corrected chi connectivity index (χ1v) is 32.6. The Balaban J connectivity index is 0.912. The fourth-order valence-corrected chi connectivity index (χ4v) is 11.7. The lowest BCUT2D eigenvalue weighted by molar-refractivity contribution is 0.304. The summed E-state index contributed by atoms with van der Waals surface area (Å²) in [6.07, 6.45) is 21.6. The number of pyridine rings is 6. The van der Waals surface area contributed by atoms with Crippen LogP contribution in [-0.2, 0) is 0 Å². The molecule has 8 aromatic heterocycles. The van der Waals surface area contributed by atoms with Gasteiger partial charge in [0.25, 0.3) is 0 Å². The molecular weight excluding hydrogens is 1140 g/mol. The molecule has 0 aliphatic carbocycles. The van der Waals surface area contributed by atoms with Crippen molar-refractivity contribution < 1.29 is 9.47 Å². The summed E-state index contributed by atoms with van der Waals surface area (Å²) in [5.41, 5.74) is 16.5. The van der Waals surface area contributed by atoms with E-state index >= 15 is 0 Å². The van der Waals surface area contributed by atoms with Gasteiger partial charge in [-0.1, -0.05) is 138 Å². The molecule has 0 bridgehead atoms. The SMILES string of the molecule is CCCCCCCCOc1ccc(-c2nc3c(C#Cc4ccc(-c5cc(-c6ccccn6)nc(-c6ccccn6)c5)cc4)sc(C#Cc4ccc(-c5cc(-c6ccccn6)nc(-c6ccccn6)c5)cc4)c3nc2-c2ccc(OCCCCCCCC)cc2)cc1. The first-order chi connectivity index (χ1) is 45.0. The van der Waals surface area contributed by atoms with Crippen LogP contribution in [0.2, 0.25) is 0 Å². The minimum Gasteiger partial charge on any atom is -0.494 e. The van der Waals surface area contributed by atoms with Gasteiger partial charge in [-0.25, -0.2) is 19.9 Å². The predicted molar refractivity (Wildman–Crippen MR) is 370 cm³/mol. The first-order valence-electron chi connectivity index (χ1n) is 31.8. The Morgan fingerprint density at radius 2 is 0.637 bits per heavy atom.